The van der Waals surface area contributed by atoms with Crippen LogP contribution >= 0.6 is 0 Å². The summed E-state index contributed by atoms with van der Waals surface area (Å²) in [5, 5.41) is 15.8. The van der Waals surface area contributed by atoms with Crippen LogP contribution in [-0.4, -0.2) is 39.3 Å². The molecule has 0 saturated heterocycles. The van der Waals surface area contributed by atoms with Gasteiger partial charge in [-0.25, -0.2) is 9.59 Å². The fraction of sp³-hybridized carbons (Fsp3) is 0.385. The summed E-state index contributed by atoms with van der Waals surface area (Å²) < 4.78 is 10.9. The minimum absolute atomic E-state index is 0.0160. The normalized spacial score (nSPS) is 12.1. The van der Waals surface area contributed by atoms with Crippen LogP contribution in [0.25, 0.3) is 11.1 Å². The van der Waals surface area contributed by atoms with Gasteiger partial charge in [0.15, 0.2) is 6.10 Å². The molecule has 0 aliphatic heterocycles. The lowest BCUT2D eigenvalue weighted by atomic mass is 9.90. The molecule has 1 atom stereocenters. The number of benzene rings is 1. The van der Waals surface area contributed by atoms with E-state index in [2.05, 4.69) is 24.0 Å². The van der Waals surface area contributed by atoms with Gasteiger partial charge in [-0.15, -0.1) is 0 Å². The van der Waals surface area contributed by atoms with Crippen LogP contribution in [0.15, 0.2) is 30.5 Å². The lowest BCUT2D eigenvalue weighted by molar-refractivity contribution is -0.155. The lowest BCUT2D eigenvalue weighted by Gasteiger charge is -2.22. The molecule has 9 heteroatoms. The van der Waals surface area contributed by atoms with E-state index in [1.54, 1.807) is 0 Å². The van der Waals surface area contributed by atoms with Gasteiger partial charge in [-0.05, 0) is 42.9 Å². The molecule has 0 spiro atoms. The molecule has 1 aromatic carbocycles. The van der Waals surface area contributed by atoms with Crippen molar-refractivity contribution >= 4 is 11.9 Å². The monoisotopic (exact) mass is 480 g/mol. The van der Waals surface area contributed by atoms with E-state index >= 15 is 0 Å². The Bertz CT molecular complexity index is 1200. The number of rotatable bonds is 10. The minimum atomic E-state index is -1.31. The molecule has 0 radical (unpaired) electrons. The molecule has 0 aliphatic carbocycles. The fourth-order valence-corrected chi connectivity index (χ4v) is 4.07. The molecular weight excluding hydrogens is 448 g/mol. The molecule has 186 valence electrons. The fourth-order valence-electron chi connectivity index (χ4n) is 4.07. The number of carboxylic acid groups (broad SMARTS) is 1. The predicted molar refractivity (Wildman–Crippen MR) is 131 cm³/mol. The third-order valence-electron chi connectivity index (χ3n) is 5.81. The summed E-state index contributed by atoms with van der Waals surface area (Å²) in [6, 6.07) is 8.11. The van der Waals surface area contributed by atoms with Crippen molar-refractivity contribution < 1.29 is 24.2 Å². The van der Waals surface area contributed by atoms with Gasteiger partial charge in [0.2, 0.25) is 0 Å². The molecule has 9 nitrogen and oxygen atoms in total. The van der Waals surface area contributed by atoms with Crippen LogP contribution in [0.3, 0.4) is 0 Å². The number of methoxy groups -OCH3 is 1. The largest absolute Gasteiger partial charge is 0.478 e. The summed E-state index contributed by atoms with van der Waals surface area (Å²) in [5.41, 5.74) is 12.5. The number of hydrogen-bond donors (Lipinski definition) is 3. The molecule has 0 fully saturated rings. The maximum absolute atomic E-state index is 12.6. The maximum atomic E-state index is 12.6. The van der Waals surface area contributed by atoms with Gasteiger partial charge in [0, 0.05) is 23.5 Å². The third kappa shape index (κ3) is 5.75. The van der Waals surface area contributed by atoms with Crippen molar-refractivity contribution in [3.05, 3.63) is 69.8 Å². The van der Waals surface area contributed by atoms with Crippen LogP contribution < -0.4 is 5.73 Å². The van der Waals surface area contributed by atoms with Gasteiger partial charge in [0.05, 0.1) is 25.6 Å². The molecule has 0 saturated carbocycles. The highest BCUT2D eigenvalue weighted by molar-refractivity contribution is 5.91. The average molecular weight is 481 g/mol. The van der Waals surface area contributed by atoms with E-state index < -0.39 is 18.0 Å². The lowest BCUT2D eigenvalue weighted by Crippen LogP contribution is -2.21. The molecule has 35 heavy (non-hydrogen) atoms. The molecule has 0 amide bonds. The second-order valence-corrected chi connectivity index (χ2v) is 8.86. The van der Waals surface area contributed by atoms with Crippen molar-refractivity contribution in [1.82, 2.24) is 15.2 Å². The van der Waals surface area contributed by atoms with Gasteiger partial charge in [-0.3, -0.25) is 10.1 Å². The number of hydrogen-bond acceptors (Lipinski definition) is 7. The van der Waals surface area contributed by atoms with Crippen LogP contribution in [0.4, 0.5) is 0 Å². The Labute approximate surface area is 204 Å². The Morgan fingerprint density at radius 3 is 2.40 bits per heavy atom. The minimum Gasteiger partial charge on any atom is -0.478 e. The van der Waals surface area contributed by atoms with E-state index in [1.807, 2.05) is 38.1 Å². The Hall–Kier alpha value is -3.56. The highest BCUT2D eigenvalue weighted by Gasteiger charge is 2.30. The maximum Gasteiger partial charge on any atom is 0.341 e. The van der Waals surface area contributed by atoms with E-state index in [-0.39, 0.29) is 24.4 Å². The average Bonchev–Trinajstić information content (AvgIpc) is 3.30. The van der Waals surface area contributed by atoms with Crippen molar-refractivity contribution in [1.29, 1.82) is 0 Å². The Kier molecular flexibility index (Phi) is 8.37. The van der Waals surface area contributed by atoms with Crippen LogP contribution in [0.5, 0.6) is 0 Å². The summed E-state index contributed by atoms with van der Waals surface area (Å²) in [6.45, 7) is 8.44. The molecule has 3 aromatic rings. The smallest absolute Gasteiger partial charge is 0.341 e. The number of aromatic carboxylic acids is 1. The first-order chi connectivity index (χ1) is 16.7. The number of aromatic nitrogens is 3. The number of carboxylic acids is 1. The number of aryl methyl sites for hydroxylation is 2. The molecule has 2 aromatic heterocycles. The standard InChI is InChI=1S/C26H32N4O5/c1-14(2)10-21-18(11-27)22(17-8-6-15(3)7-9-17)20(16(4)29-21)13-35-24(26(33)34-5)23-19(25(31)32)12-28-30-23/h6-9,12,14,24H,10-11,13,27H2,1-5H3,(H,28,30)(H,31,32). The summed E-state index contributed by atoms with van der Waals surface area (Å²) in [6.07, 6.45) is 0.596. The van der Waals surface area contributed by atoms with Crippen LogP contribution in [0.2, 0.25) is 0 Å². The predicted octanol–water partition coefficient (Wildman–Crippen LogP) is 3.87. The Morgan fingerprint density at radius 2 is 1.83 bits per heavy atom. The number of carbonyl (C=O) groups excluding carboxylic acids is 1. The highest BCUT2D eigenvalue weighted by Crippen LogP contribution is 2.34. The van der Waals surface area contributed by atoms with Gasteiger partial charge in [0.25, 0.3) is 0 Å². The van der Waals surface area contributed by atoms with Gasteiger partial charge >= 0.3 is 11.9 Å². The SMILES string of the molecule is COC(=O)C(OCc1c(C)nc(CC(C)C)c(CN)c1-c1ccc(C)cc1)c1[nH]ncc1C(=O)O. The van der Waals surface area contributed by atoms with E-state index in [1.165, 1.54) is 7.11 Å². The zero-order valence-corrected chi connectivity index (χ0v) is 20.7. The zero-order valence-electron chi connectivity index (χ0n) is 20.7. The van der Waals surface area contributed by atoms with E-state index in [0.29, 0.717) is 5.92 Å². The van der Waals surface area contributed by atoms with Crippen molar-refractivity contribution in [2.75, 3.05) is 7.11 Å². The summed E-state index contributed by atoms with van der Waals surface area (Å²) in [4.78, 5) is 29.0. The quantitative estimate of drug-likeness (QED) is 0.371. The second-order valence-electron chi connectivity index (χ2n) is 8.86. The van der Waals surface area contributed by atoms with Crippen LogP contribution in [0, 0.1) is 19.8 Å². The molecule has 4 N–H and O–H groups in total. The summed E-state index contributed by atoms with van der Waals surface area (Å²) >= 11 is 0. The first-order valence-corrected chi connectivity index (χ1v) is 11.4. The van der Waals surface area contributed by atoms with E-state index in [9.17, 15) is 14.7 Å². The number of nitrogens with two attached hydrogens (primary N) is 1. The van der Waals surface area contributed by atoms with Gasteiger partial charge in [-0.1, -0.05) is 43.7 Å². The number of nitrogens with one attached hydrogen (secondary N) is 1. The zero-order chi connectivity index (χ0) is 25.7. The number of ether oxygens (including phenoxy) is 2. The molecule has 3 rings (SSSR count). The van der Waals surface area contributed by atoms with E-state index in [4.69, 9.17) is 20.2 Å². The Morgan fingerprint density at radius 1 is 1.14 bits per heavy atom. The summed E-state index contributed by atoms with van der Waals surface area (Å²) in [5.74, 6) is -1.58. The molecule has 0 aliphatic rings. The number of carbonyl (C=O) groups is 2. The molecule has 2 heterocycles. The highest BCUT2D eigenvalue weighted by atomic mass is 16.6. The number of esters is 1. The van der Waals surface area contributed by atoms with Gasteiger partial charge in [-0.2, -0.15) is 5.10 Å². The first-order valence-electron chi connectivity index (χ1n) is 11.4. The molecule has 0 bridgehead atoms. The number of nitrogens with zero attached hydrogens (tertiary/aromatic N) is 2. The van der Waals surface area contributed by atoms with Gasteiger partial charge in [0.1, 0.15) is 5.56 Å². The molecule has 1 unspecified atom stereocenters. The number of H-pyrrole nitrogens is 1. The van der Waals surface area contributed by atoms with Crippen molar-refractivity contribution in [3.63, 3.8) is 0 Å². The van der Waals surface area contributed by atoms with Crippen LogP contribution in [0.1, 0.15) is 64.1 Å². The van der Waals surface area contributed by atoms with Crippen molar-refractivity contribution in [2.45, 2.75) is 53.4 Å². The van der Waals surface area contributed by atoms with Crippen molar-refractivity contribution in [3.8, 4) is 11.1 Å². The van der Waals surface area contributed by atoms with Crippen molar-refractivity contribution in [2.24, 2.45) is 11.7 Å². The number of pyridine rings is 1. The first kappa shape index (κ1) is 26.1. The Balaban J connectivity index is 2.12. The molecular formula is C26H32N4O5. The van der Waals surface area contributed by atoms with E-state index in [0.717, 1.165) is 51.8 Å². The number of aromatic amines is 1. The third-order valence-corrected chi connectivity index (χ3v) is 5.81. The summed E-state index contributed by atoms with van der Waals surface area (Å²) in [7, 11) is 1.22. The van der Waals surface area contributed by atoms with Crippen LogP contribution in [-0.2, 0) is 33.8 Å². The van der Waals surface area contributed by atoms with Gasteiger partial charge < -0.3 is 20.3 Å². The second kappa shape index (κ2) is 11.2. The topological polar surface area (TPSA) is 140 Å².